The fourth-order valence-corrected chi connectivity index (χ4v) is 5.96. The Balaban J connectivity index is 0.00000196. The van der Waals surface area contributed by atoms with Crippen molar-refractivity contribution in [3.63, 3.8) is 0 Å². The Hall–Kier alpha value is -0.760. The first kappa shape index (κ1) is 20.0. The molecule has 6 N–H and O–H groups in total. The number of thioether (sulfide) groups is 2. The average molecular weight is 427 g/mol. The zero-order chi connectivity index (χ0) is 18.1. The van der Waals surface area contributed by atoms with Gasteiger partial charge in [0.05, 0.1) is 18.8 Å². The lowest BCUT2D eigenvalue weighted by Crippen LogP contribution is -2.75. The molecule has 0 aliphatic carbocycles. The van der Waals surface area contributed by atoms with Crippen molar-refractivity contribution >= 4 is 53.7 Å². The molecule has 4 fully saturated rings. The molecule has 13 heteroatoms. The van der Waals surface area contributed by atoms with Crippen LogP contribution in [-0.4, -0.2) is 96.6 Å². The van der Waals surface area contributed by atoms with Crippen LogP contribution in [0, 0.1) is 0 Å². The van der Waals surface area contributed by atoms with Crippen molar-refractivity contribution in [3.05, 3.63) is 0 Å². The molecule has 0 spiro atoms. The third-order valence-electron chi connectivity index (χ3n) is 4.85. The summed E-state index contributed by atoms with van der Waals surface area (Å²) in [6.45, 7) is -0.419. The third kappa shape index (κ3) is 2.79. The first-order valence-electron chi connectivity index (χ1n) is 7.69. The van der Waals surface area contributed by atoms with E-state index in [1.165, 1.54) is 33.3 Å². The lowest BCUT2D eigenvalue weighted by Gasteiger charge is -2.53. The third-order valence-corrected chi connectivity index (χ3v) is 7.89. The Morgan fingerprint density at radius 1 is 1.04 bits per heavy atom. The van der Waals surface area contributed by atoms with Gasteiger partial charge in [-0.2, -0.15) is 0 Å². The van der Waals surface area contributed by atoms with Crippen molar-refractivity contribution in [2.75, 3.05) is 24.6 Å². The predicted molar refractivity (Wildman–Crippen MR) is 95.1 cm³/mol. The summed E-state index contributed by atoms with van der Waals surface area (Å²) in [5.41, 5.74) is 9.41. The van der Waals surface area contributed by atoms with Gasteiger partial charge < -0.3 is 36.2 Å². The van der Waals surface area contributed by atoms with E-state index in [1.807, 2.05) is 0 Å². The first-order chi connectivity index (χ1) is 11.7. The molecule has 2 amide bonds. The standard InChI is InChI=1S/C13H18N4O6S2.ClH/c14-5-7(18)16-1-12(21,3-24-9(5)16)11(20)23-13(22)2-17-8(19)6(15)10(17)25-4-13;/h5-6,9-10,21-22H,1-4,14-15H2;1H/t5?,6?,9-,10-,12?,13?;/m1./s1. The topological polar surface area (TPSA) is 159 Å². The number of carbonyl (C=O) groups is 3. The van der Waals surface area contributed by atoms with Crippen LogP contribution in [0.4, 0.5) is 0 Å². The van der Waals surface area contributed by atoms with Gasteiger partial charge in [-0.1, -0.05) is 0 Å². The van der Waals surface area contributed by atoms with E-state index in [2.05, 4.69) is 0 Å². The van der Waals surface area contributed by atoms with Gasteiger partial charge in [0.15, 0.2) is 5.60 Å². The zero-order valence-corrected chi connectivity index (χ0v) is 15.9. The van der Waals surface area contributed by atoms with Crippen molar-refractivity contribution in [1.29, 1.82) is 0 Å². The number of rotatable bonds is 2. The van der Waals surface area contributed by atoms with Crippen LogP contribution in [-0.2, 0) is 19.1 Å². The van der Waals surface area contributed by atoms with Crippen molar-refractivity contribution < 1.29 is 29.3 Å². The van der Waals surface area contributed by atoms with Gasteiger partial charge in [-0.15, -0.1) is 35.9 Å². The van der Waals surface area contributed by atoms with Gasteiger partial charge in [0.2, 0.25) is 17.6 Å². The maximum absolute atomic E-state index is 12.5. The number of halogens is 1. The van der Waals surface area contributed by atoms with Crippen LogP contribution in [0.1, 0.15) is 0 Å². The van der Waals surface area contributed by atoms with Gasteiger partial charge in [-0.25, -0.2) is 4.79 Å². The Bertz CT molecular complexity index is 673. The zero-order valence-electron chi connectivity index (χ0n) is 13.4. The molecule has 0 aromatic rings. The Morgan fingerprint density at radius 2 is 1.54 bits per heavy atom. The molecular weight excluding hydrogens is 408 g/mol. The van der Waals surface area contributed by atoms with Gasteiger partial charge >= 0.3 is 5.97 Å². The van der Waals surface area contributed by atoms with E-state index in [0.29, 0.717) is 0 Å². The Kier molecular flexibility index (Phi) is 4.92. The number of hydrogen-bond donors (Lipinski definition) is 4. The molecule has 6 atom stereocenters. The second-order valence-corrected chi connectivity index (χ2v) is 8.96. The van der Waals surface area contributed by atoms with E-state index in [1.54, 1.807) is 0 Å². The molecule has 0 saturated carbocycles. The van der Waals surface area contributed by atoms with Crippen LogP contribution in [0.25, 0.3) is 0 Å². The molecule has 4 rings (SSSR count). The molecule has 0 aromatic heterocycles. The maximum atomic E-state index is 12.5. The van der Waals surface area contributed by atoms with Gasteiger partial charge in [-0.05, 0) is 0 Å². The molecular formula is C13H19ClN4O6S2. The molecule has 0 aromatic carbocycles. The first-order valence-corrected chi connectivity index (χ1v) is 9.79. The smallest absolute Gasteiger partial charge is 0.343 e. The number of carbonyl (C=O) groups excluding carboxylic acids is 3. The number of nitrogens with two attached hydrogens (primary N) is 2. The molecule has 4 unspecified atom stereocenters. The largest absolute Gasteiger partial charge is 0.428 e. The summed E-state index contributed by atoms with van der Waals surface area (Å²) >= 11 is 2.41. The number of hydrogen-bond acceptors (Lipinski definition) is 10. The van der Waals surface area contributed by atoms with Crippen LogP contribution in [0.3, 0.4) is 0 Å². The summed E-state index contributed by atoms with van der Waals surface area (Å²) in [4.78, 5) is 38.6. The summed E-state index contributed by atoms with van der Waals surface area (Å²) in [7, 11) is 0. The second-order valence-electron chi connectivity index (χ2n) is 6.75. The molecule has 4 aliphatic heterocycles. The van der Waals surface area contributed by atoms with Crippen LogP contribution >= 0.6 is 35.9 Å². The van der Waals surface area contributed by atoms with E-state index in [9.17, 15) is 24.6 Å². The van der Waals surface area contributed by atoms with Gasteiger partial charge in [-0.3, -0.25) is 9.59 Å². The van der Waals surface area contributed by atoms with Crippen LogP contribution < -0.4 is 11.5 Å². The van der Waals surface area contributed by atoms with E-state index in [4.69, 9.17) is 16.2 Å². The minimum absolute atomic E-state index is 0. The minimum Gasteiger partial charge on any atom is -0.428 e. The van der Waals surface area contributed by atoms with Gasteiger partial charge in [0, 0.05) is 5.75 Å². The van der Waals surface area contributed by atoms with E-state index in [0.717, 1.165) is 0 Å². The van der Waals surface area contributed by atoms with Crippen molar-refractivity contribution in [1.82, 2.24) is 9.80 Å². The molecule has 4 aliphatic rings. The van der Waals surface area contributed by atoms with Crippen molar-refractivity contribution in [2.24, 2.45) is 11.5 Å². The summed E-state index contributed by atoms with van der Waals surface area (Å²) in [5.74, 6) is -3.53. The van der Waals surface area contributed by atoms with Crippen LogP contribution in [0.15, 0.2) is 0 Å². The van der Waals surface area contributed by atoms with Gasteiger partial charge in [0.25, 0.3) is 0 Å². The molecule has 4 saturated heterocycles. The molecule has 26 heavy (non-hydrogen) atoms. The lowest BCUT2D eigenvalue weighted by atomic mass is 10.00. The summed E-state index contributed by atoms with van der Waals surface area (Å²) in [6.07, 6.45) is 0. The second kappa shape index (κ2) is 6.40. The number of amides is 2. The Morgan fingerprint density at radius 3 is 2.12 bits per heavy atom. The van der Waals surface area contributed by atoms with E-state index in [-0.39, 0.29) is 59.6 Å². The van der Waals surface area contributed by atoms with Gasteiger partial charge in [0.1, 0.15) is 22.8 Å². The predicted octanol–water partition coefficient (Wildman–Crippen LogP) is -3.14. The fourth-order valence-electron chi connectivity index (χ4n) is 3.36. The molecule has 146 valence electrons. The number of fused-ring (bicyclic) bond motifs is 2. The van der Waals surface area contributed by atoms with E-state index >= 15 is 0 Å². The number of esters is 1. The normalized spacial score (nSPS) is 44.2. The number of nitrogens with zero attached hydrogens (tertiary/aromatic N) is 2. The monoisotopic (exact) mass is 426 g/mol. The minimum atomic E-state index is -1.93. The highest BCUT2D eigenvalue weighted by atomic mass is 35.5. The van der Waals surface area contributed by atoms with Crippen LogP contribution in [0.5, 0.6) is 0 Å². The highest BCUT2D eigenvalue weighted by Gasteiger charge is 2.58. The lowest BCUT2D eigenvalue weighted by molar-refractivity contribution is -0.228. The molecule has 0 radical (unpaired) electrons. The maximum Gasteiger partial charge on any atom is 0.343 e. The highest BCUT2D eigenvalue weighted by Crippen LogP contribution is 2.40. The van der Waals surface area contributed by atoms with Crippen molar-refractivity contribution in [2.45, 2.75) is 34.2 Å². The SMILES string of the molecule is Cl.NC1C(=O)N2CC(O)(OC(=O)C3(O)CS[C@@H]4C(N)C(=O)N4C3)CS[C@H]12. The molecule has 4 heterocycles. The summed E-state index contributed by atoms with van der Waals surface area (Å²) in [6, 6.07) is -1.23. The molecule has 0 bridgehead atoms. The number of ether oxygens (including phenoxy) is 1. The number of aliphatic hydroxyl groups is 2. The van der Waals surface area contributed by atoms with Crippen LogP contribution in [0.2, 0.25) is 0 Å². The van der Waals surface area contributed by atoms with E-state index < -0.39 is 29.4 Å². The quantitative estimate of drug-likeness (QED) is 0.202. The van der Waals surface area contributed by atoms with Crippen molar-refractivity contribution in [3.8, 4) is 0 Å². The highest BCUT2D eigenvalue weighted by molar-refractivity contribution is 8.00. The number of β-lactam (4-membered cyclic amide) rings is 2. The Labute approximate surface area is 163 Å². The average Bonchev–Trinajstić information content (AvgIpc) is 2.60. The summed E-state index contributed by atoms with van der Waals surface area (Å²) < 4.78 is 5.16. The molecule has 10 nitrogen and oxygen atoms in total. The fraction of sp³-hybridized carbons (Fsp3) is 0.769. The summed E-state index contributed by atoms with van der Waals surface area (Å²) in [5, 5.41) is 20.6.